The normalized spacial score (nSPS) is 15.1. The van der Waals surface area contributed by atoms with E-state index >= 15 is 0 Å². The number of hydrogen-bond donors (Lipinski definition) is 1. The summed E-state index contributed by atoms with van der Waals surface area (Å²) in [5.74, 6) is 0.891. The number of nitrogens with two attached hydrogens (primary N) is 1. The summed E-state index contributed by atoms with van der Waals surface area (Å²) in [6.07, 6.45) is 4.20. The maximum absolute atomic E-state index is 5.78. The summed E-state index contributed by atoms with van der Waals surface area (Å²) in [7, 11) is 0. The number of benzene rings is 2. The van der Waals surface area contributed by atoms with Crippen LogP contribution in [0.5, 0.6) is 0 Å². The van der Waals surface area contributed by atoms with Crippen molar-refractivity contribution < 1.29 is 0 Å². The molecule has 0 spiro atoms. The number of anilines is 1. The van der Waals surface area contributed by atoms with Gasteiger partial charge in [0.15, 0.2) is 0 Å². The van der Waals surface area contributed by atoms with E-state index in [4.69, 9.17) is 5.73 Å². The maximum atomic E-state index is 5.78. The molecule has 2 N–H and O–H groups in total. The smallest absolute Gasteiger partial charge is 0.0314 e. The summed E-state index contributed by atoms with van der Waals surface area (Å²) >= 11 is 0. The highest BCUT2D eigenvalue weighted by Gasteiger charge is 2.20. The van der Waals surface area contributed by atoms with Crippen LogP contribution in [0.25, 0.3) is 0 Å². The van der Waals surface area contributed by atoms with Gasteiger partial charge in [-0.1, -0.05) is 48.9 Å². The van der Waals surface area contributed by atoms with E-state index in [-0.39, 0.29) is 0 Å². The Kier molecular flexibility index (Phi) is 4.56. The highest BCUT2D eigenvalue weighted by molar-refractivity contribution is 5.39. The van der Waals surface area contributed by atoms with Crippen molar-refractivity contribution >= 4 is 5.69 Å². The fraction of sp³-hybridized carbons (Fsp3) is 0.368. The summed E-state index contributed by atoms with van der Waals surface area (Å²) in [4.78, 5) is 2.57. The van der Waals surface area contributed by atoms with Crippen LogP contribution in [0.2, 0.25) is 0 Å². The Hall–Kier alpha value is -1.80. The van der Waals surface area contributed by atoms with Crippen LogP contribution in [0.1, 0.15) is 30.4 Å². The Bertz CT molecular complexity index is 544. The molecular weight excluding hydrogens is 256 g/mol. The first-order valence-corrected chi connectivity index (χ1v) is 7.90. The molecule has 1 saturated carbocycles. The second kappa shape index (κ2) is 6.77. The number of rotatable bonds is 6. The maximum Gasteiger partial charge on any atom is 0.0314 e. The van der Waals surface area contributed by atoms with Crippen molar-refractivity contribution in [2.24, 2.45) is 5.92 Å². The minimum atomic E-state index is 0.840. The molecule has 0 saturated heterocycles. The van der Waals surface area contributed by atoms with Crippen molar-refractivity contribution in [3.8, 4) is 0 Å². The van der Waals surface area contributed by atoms with Gasteiger partial charge in [-0.2, -0.15) is 0 Å². The van der Waals surface area contributed by atoms with Gasteiger partial charge in [0.2, 0.25) is 0 Å². The molecule has 0 radical (unpaired) electrons. The van der Waals surface area contributed by atoms with Crippen molar-refractivity contribution in [3.63, 3.8) is 0 Å². The van der Waals surface area contributed by atoms with Crippen LogP contribution in [0.3, 0.4) is 0 Å². The lowest BCUT2D eigenvalue weighted by Crippen LogP contribution is -2.31. The first-order chi connectivity index (χ1) is 10.3. The molecule has 2 nitrogen and oxygen atoms in total. The van der Waals surface area contributed by atoms with Crippen molar-refractivity contribution in [1.82, 2.24) is 4.90 Å². The van der Waals surface area contributed by atoms with Crippen LogP contribution in [0.15, 0.2) is 54.6 Å². The van der Waals surface area contributed by atoms with Crippen molar-refractivity contribution in [3.05, 3.63) is 65.7 Å². The minimum absolute atomic E-state index is 0.840. The molecule has 0 unspecified atom stereocenters. The Morgan fingerprint density at radius 3 is 2.05 bits per heavy atom. The van der Waals surface area contributed by atoms with Crippen LogP contribution in [-0.2, 0) is 13.1 Å². The fourth-order valence-electron chi connectivity index (χ4n) is 2.95. The standard InChI is InChI=1S/C19H24N2/c20-19-11-9-18(10-12-19)15-21(14-17-7-4-8-17)13-16-5-2-1-3-6-16/h1-3,5-6,9-12,17H,4,7-8,13-15,20H2. The summed E-state index contributed by atoms with van der Waals surface area (Å²) in [5.41, 5.74) is 9.36. The van der Waals surface area contributed by atoms with Gasteiger partial charge in [-0.25, -0.2) is 0 Å². The molecule has 110 valence electrons. The Balaban J connectivity index is 1.67. The monoisotopic (exact) mass is 280 g/mol. The van der Waals surface area contributed by atoms with Crippen molar-refractivity contribution in [2.45, 2.75) is 32.4 Å². The van der Waals surface area contributed by atoms with Gasteiger partial charge in [0.25, 0.3) is 0 Å². The van der Waals surface area contributed by atoms with Gasteiger partial charge in [-0.05, 0) is 42.0 Å². The second-order valence-corrected chi connectivity index (χ2v) is 6.19. The first-order valence-electron chi connectivity index (χ1n) is 7.90. The van der Waals surface area contributed by atoms with Crippen LogP contribution in [0, 0.1) is 5.92 Å². The summed E-state index contributed by atoms with van der Waals surface area (Å²) in [5, 5.41) is 0. The molecule has 0 atom stereocenters. The second-order valence-electron chi connectivity index (χ2n) is 6.19. The lowest BCUT2D eigenvalue weighted by atomic mass is 9.85. The van der Waals surface area contributed by atoms with Gasteiger partial charge in [0.1, 0.15) is 0 Å². The lowest BCUT2D eigenvalue weighted by Gasteiger charge is -2.32. The summed E-state index contributed by atoms with van der Waals surface area (Å²) in [6, 6.07) is 19.1. The highest BCUT2D eigenvalue weighted by Crippen LogP contribution is 2.28. The van der Waals surface area contributed by atoms with E-state index in [0.29, 0.717) is 0 Å². The predicted molar refractivity (Wildman–Crippen MR) is 88.8 cm³/mol. The molecule has 2 aromatic carbocycles. The lowest BCUT2D eigenvalue weighted by molar-refractivity contribution is 0.165. The molecule has 0 bridgehead atoms. The van der Waals surface area contributed by atoms with E-state index in [1.807, 2.05) is 12.1 Å². The SMILES string of the molecule is Nc1ccc(CN(Cc2ccccc2)CC2CCC2)cc1. The third kappa shape index (κ3) is 4.08. The van der Waals surface area contributed by atoms with E-state index < -0.39 is 0 Å². The van der Waals surface area contributed by atoms with Crippen LogP contribution < -0.4 is 5.73 Å². The molecule has 0 heterocycles. The van der Waals surface area contributed by atoms with Gasteiger partial charge in [0, 0.05) is 25.3 Å². The highest BCUT2D eigenvalue weighted by atomic mass is 15.1. The van der Waals surface area contributed by atoms with Gasteiger partial charge in [-0.3, -0.25) is 4.90 Å². The first kappa shape index (κ1) is 14.2. The fourth-order valence-corrected chi connectivity index (χ4v) is 2.95. The average molecular weight is 280 g/mol. The zero-order chi connectivity index (χ0) is 14.5. The summed E-state index contributed by atoms with van der Waals surface area (Å²) < 4.78 is 0. The number of hydrogen-bond acceptors (Lipinski definition) is 2. The molecule has 2 heteroatoms. The summed E-state index contributed by atoms with van der Waals surface area (Å²) in [6.45, 7) is 3.24. The van der Waals surface area contributed by atoms with Crippen LogP contribution >= 0.6 is 0 Å². The van der Waals surface area contributed by atoms with E-state index in [9.17, 15) is 0 Å². The van der Waals surface area contributed by atoms with Crippen molar-refractivity contribution in [1.29, 1.82) is 0 Å². The number of nitrogens with zero attached hydrogens (tertiary/aromatic N) is 1. The van der Waals surface area contributed by atoms with Gasteiger partial charge < -0.3 is 5.73 Å². The molecular formula is C19H24N2. The quantitative estimate of drug-likeness (QED) is 0.808. The minimum Gasteiger partial charge on any atom is -0.399 e. The molecule has 2 aromatic rings. The molecule has 1 fully saturated rings. The van der Waals surface area contributed by atoms with E-state index in [1.54, 1.807) is 0 Å². The van der Waals surface area contributed by atoms with Gasteiger partial charge >= 0.3 is 0 Å². The largest absolute Gasteiger partial charge is 0.399 e. The molecule has 0 aliphatic heterocycles. The van der Waals surface area contributed by atoms with E-state index in [1.165, 1.54) is 36.9 Å². The van der Waals surface area contributed by atoms with Gasteiger partial charge in [-0.15, -0.1) is 0 Å². The van der Waals surface area contributed by atoms with Crippen molar-refractivity contribution in [2.75, 3.05) is 12.3 Å². The predicted octanol–water partition coefficient (Wildman–Crippen LogP) is 4.07. The molecule has 3 rings (SSSR count). The Labute approximate surface area is 127 Å². The topological polar surface area (TPSA) is 29.3 Å². The third-order valence-electron chi connectivity index (χ3n) is 4.38. The van der Waals surface area contributed by atoms with Crippen LogP contribution in [0.4, 0.5) is 5.69 Å². The third-order valence-corrected chi connectivity index (χ3v) is 4.38. The van der Waals surface area contributed by atoms with Crippen LogP contribution in [-0.4, -0.2) is 11.4 Å². The molecule has 21 heavy (non-hydrogen) atoms. The van der Waals surface area contributed by atoms with E-state index in [2.05, 4.69) is 47.4 Å². The molecule has 0 aromatic heterocycles. The average Bonchev–Trinajstić information content (AvgIpc) is 2.46. The molecule has 1 aliphatic rings. The molecule has 1 aliphatic carbocycles. The zero-order valence-corrected chi connectivity index (χ0v) is 12.5. The zero-order valence-electron chi connectivity index (χ0n) is 12.5. The van der Waals surface area contributed by atoms with Gasteiger partial charge in [0.05, 0.1) is 0 Å². The van der Waals surface area contributed by atoms with E-state index in [0.717, 1.165) is 24.7 Å². The Morgan fingerprint density at radius 2 is 1.48 bits per heavy atom. The molecule has 0 amide bonds. The number of nitrogen functional groups attached to an aromatic ring is 1. The Morgan fingerprint density at radius 1 is 0.857 bits per heavy atom.